The smallest absolute Gasteiger partial charge is 0.462 e. The highest BCUT2D eigenvalue weighted by Crippen LogP contribution is 2.43. The number of allylic oxidation sites excluding steroid dienone is 12. The van der Waals surface area contributed by atoms with Crippen LogP contribution in [-0.2, 0) is 32.7 Å². The van der Waals surface area contributed by atoms with Gasteiger partial charge in [0, 0.05) is 12.8 Å². The van der Waals surface area contributed by atoms with Crippen LogP contribution in [0.3, 0.4) is 0 Å². The Bertz CT molecular complexity index is 1610. The molecule has 0 amide bonds. The molecule has 0 aromatic carbocycles. The number of carbonyl (C=O) groups excluding carboxylic acids is 2. The molecular weight excluding hydrogens is 1040 g/mol. The van der Waals surface area contributed by atoms with Gasteiger partial charge in [-0.05, 0) is 83.5 Å². The lowest BCUT2D eigenvalue weighted by Crippen LogP contribution is -2.37. The van der Waals surface area contributed by atoms with Crippen molar-refractivity contribution in [1.29, 1.82) is 0 Å². The molecule has 0 saturated heterocycles. The number of rotatable bonds is 64. The molecular formula is C72H133NO8P+. The van der Waals surface area contributed by atoms with Crippen LogP contribution in [-0.4, -0.2) is 74.9 Å². The fraction of sp³-hybridized carbons (Fsp3) is 0.806. The molecule has 0 aromatic heterocycles. The summed E-state index contributed by atoms with van der Waals surface area (Å²) in [6, 6.07) is 0. The minimum absolute atomic E-state index is 0.0315. The van der Waals surface area contributed by atoms with E-state index >= 15 is 0 Å². The first-order valence-corrected chi connectivity index (χ1v) is 36.2. The summed E-state index contributed by atoms with van der Waals surface area (Å²) in [6.07, 6.45) is 84.5. The highest BCUT2D eigenvalue weighted by Gasteiger charge is 2.27. The molecule has 0 aliphatic rings. The number of phosphoric acid groups is 1. The van der Waals surface area contributed by atoms with Crippen LogP contribution in [0.4, 0.5) is 0 Å². The third-order valence-electron chi connectivity index (χ3n) is 15.2. The second kappa shape index (κ2) is 63.0. The first kappa shape index (κ1) is 79.5. The predicted molar refractivity (Wildman–Crippen MR) is 353 cm³/mol. The molecule has 10 heteroatoms. The Kier molecular flexibility index (Phi) is 61.0. The van der Waals surface area contributed by atoms with Gasteiger partial charge in [-0.15, -0.1) is 0 Å². The van der Waals surface area contributed by atoms with Crippen LogP contribution < -0.4 is 0 Å². The van der Waals surface area contributed by atoms with Gasteiger partial charge in [-0.2, -0.15) is 0 Å². The Labute approximate surface area is 508 Å². The molecule has 0 heterocycles. The fourth-order valence-corrected chi connectivity index (χ4v) is 10.7. The molecule has 0 saturated carbocycles. The Hall–Kier alpha value is -2.55. The minimum atomic E-state index is -4.39. The Morgan fingerprint density at radius 3 is 1.04 bits per heavy atom. The molecule has 0 radical (unpaired) electrons. The van der Waals surface area contributed by atoms with Gasteiger partial charge < -0.3 is 18.9 Å². The predicted octanol–water partition coefficient (Wildman–Crippen LogP) is 22.4. The van der Waals surface area contributed by atoms with Crippen LogP contribution in [0, 0.1) is 0 Å². The zero-order valence-electron chi connectivity index (χ0n) is 54.5. The van der Waals surface area contributed by atoms with E-state index in [1.54, 1.807) is 0 Å². The van der Waals surface area contributed by atoms with Crippen molar-refractivity contribution in [3.8, 4) is 0 Å². The normalized spacial score (nSPS) is 13.6. The third kappa shape index (κ3) is 66.6. The molecule has 2 atom stereocenters. The standard InChI is InChI=1S/C72H132NO8P/c1-6-8-10-12-14-16-18-20-22-24-26-27-28-29-30-31-32-33-34-35-36-37-38-39-40-41-42-43-44-45-47-49-51-53-55-57-59-61-63-65-72(75)81-70(69-80-82(76,77)79-67-66-73(3,4)5)68-78-71(74)64-62-60-58-56-54-52-50-48-46-25-23-21-19-17-15-13-11-9-7-2/h8,10,14-17,20-23,26-27,70H,6-7,9,11-13,18-19,24-25,28-69H2,1-5H3/p+1/b10-8-,16-14-,17-15-,22-20-,23-21-,27-26-. The molecule has 478 valence electrons. The van der Waals surface area contributed by atoms with Crippen molar-refractivity contribution in [3.63, 3.8) is 0 Å². The summed E-state index contributed by atoms with van der Waals surface area (Å²) in [4.78, 5) is 35.8. The van der Waals surface area contributed by atoms with Crippen molar-refractivity contribution >= 4 is 19.8 Å². The van der Waals surface area contributed by atoms with E-state index in [0.717, 1.165) is 64.2 Å². The number of nitrogens with zero attached hydrogens (tertiary/aromatic N) is 1. The Morgan fingerprint density at radius 2 is 0.695 bits per heavy atom. The van der Waals surface area contributed by atoms with Crippen molar-refractivity contribution in [3.05, 3.63) is 72.9 Å². The van der Waals surface area contributed by atoms with Crippen molar-refractivity contribution in [2.45, 2.75) is 328 Å². The second-order valence-electron chi connectivity index (χ2n) is 24.5. The molecule has 1 N–H and O–H groups in total. The number of ether oxygens (including phenoxy) is 2. The molecule has 0 spiro atoms. The molecule has 0 fully saturated rings. The molecule has 0 aliphatic heterocycles. The first-order chi connectivity index (χ1) is 40.0. The Morgan fingerprint density at radius 1 is 0.390 bits per heavy atom. The second-order valence-corrected chi connectivity index (χ2v) is 26.0. The van der Waals surface area contributed by atoms with E-state index in [4.69, 9.17) is 18.5 Å². The maximum Gasteiger partial charge on any atom is 0.472 e. The topological polar surface area (TPSA) is 108 Å². The van der Waals surface area contributed by atoms with Gasteiger partial charge in [-0.25, -0.2) is 4.57 Å². The highest BCUT2D eigenvalue weighted by atomic mass is 31.2. The zero-order chi connectivity index (χ0) is 59.8. The van der Waals surface area contributed by atoms with E-state index in [-0.39, 0.29) is 32.0 Å². The quantitative estimate of drug-likeness (QED) is 0.0211. The zero-order valence-corrected chi connectivity index (χ0v) is 55.4. The monoisotopic (exact) mass is 1170 g/mol. The maximum atomic E-state index is 12.9. The number of esters is 2. The van der Waals surface area contributed by atoms with Gasteiger partial charge in [0.2, 0.25) is 0 Å². The number of quaternary nitrogens is 1. The summed E-state index contributed by atoms with van der Waals surface area (Å²) in [7, 11) is 1.49. The van der Waals surface area contributed by atoms with Crippen molar-refractivity contribution in [2.75, 3.05) is 47.5 Å². The average Bonchev–Trinajstić information content (AvgIpc) is 3.46. The average molecular weight is 1170 g/mol. The molecule has 82 heavy (non-hydrogen) atoms. The largest absolute Gasteiger partial charge is 0.472 e. The van der Waals surface area contributed by atoms with E-state index in [2.05, 4.69) is 86.8 Å². The maximum absolute atomic E-state index is 12.9. The van der Waals surface area contributed by atoms with E-state index in [0.29, 0.717) is 17.4 Å². The van der Waals surface area contributed by atoms with Gasteiger partial charge in [-0.3, -0.25) is 18.6 Å². The minimum Gasteiger partial charge on any atom is -0.462 e. The van der Waals surface area contributed by atoms with E-state index in [1.807, 2.05) is 21.1 Å². The van der Waals surface area contributed by atoms with Crippen LogP contribution in [0.1, 0.15) is 322 Å². The van der Waals surface area contributed by atoms with Crippen molar-refractivity contribution in [1.82, 2.24) is 0 Å². The van der Waals surface area contributed by atoms with Gasteiger partial charge in [0.05, 0.1) is 27.7 Å². The molecule has 0 aromatic rings. The number of hydrogen-bond donors (Lipinski definition) is 1. The van der Waals surface area contributed by atoms with Crippen molar-refractivity contribution in [2.24, 2.45) is 0 Å². The van der Waals surface area contributed by atoms with Crippen LogP contribution in [0.5, 0.6) is 0 Å². The van der Waals surface area contributed by atoms with Crippen LogP contribution in [0.2, 0.25) is 0 Å². The third-order valence-corrected chi connectivity index (χ3v) is 16.2. The number of unbranched alkanes of at least 4 members (excludes halogenated alkanes) is 38. The molecule has 0 bridgehead atoms. The van der Waals surface area contributed by atoms with Crippen molar-refractivity contribution < 1.29 is 42.1 Å². The van der Waals surface area contributed by atoms with E-state index in [1.165, 1.54) is 225 Å². The lowest BCUT2D eigenvalue weighted by molar-refractivity contribution is -0.870. The SMILES string of the molecule is CC/C=C\C/C=C\C/C=C\C/C=C\CCCCCCCCCCCCCCCCCCCCCCCCCCCCC(=O)OC(COC(=O)CCCCCCCCCCC/C=C\C/C=C\CCCCC)COP(=O)(O)OCC[N+](C)(C)C. The van der Waals surface area contributed by atoms with E-state index in [9.17, 15) is 19.0 Å². The summed E-state index contributed by atoms with van der Waals surface area (Å²) in [5.74, 6) is -0.789. The van der Waals surface area contributed by atoms with Gasteiger partial charge in [0.25, 0.3) is 0 Å². The van der Waals surface area contributed by atoms with Gasteiger partial charge >= 0.3 is 19.8 Å². The molecule has 2 unspecified atom stereocenters. The lowest BCUT2D eigenvalue weighted by Gasteiger charge is -2.24. The number of phosphoric ester groups is 1. The molecule has 0 rings (SSSR count). The van der Waals surface area contributed by atoms with E-state index < -0.39 is 26.5 Å². The summed E-state index contributed by atoms with van der Waals surface area (Å²) < 4.78 is 34.7. The molecule has 9 nitrogen and oxygen atoms in total. The lowest BCUT2D eigenvalue weighted by atomic mass is 10.0. The number of hydrogen-bond acceptors (Lipinski definition) is 7. The van der Waals surface area contributed by atoms with Crippen LogP contribution >= 0.6 is 7.82 Å². The summed E-state index contributed by atoms with van der Waals surface area (Å²) in [5.41, 5.74) is 0. The van der Waals surface area contributed by atoms with Gasteiger partial charge in [-0.1, -0.05) is 299 Å². The summed E-state index contributed by atoms with van der Waals surface area (Å²) in [6.45, 7) is 4.33. The number of likely N-dealkylation sites (N-methyl/N-ethyl adjacent to an activating group) is 1. The van der Waals surface area contributed by atoms with Crippen LogP contribution in [0.25, 0.3) is 0 Å². The Balaban J connectivity index is 3.92. The number of carbonyl (C=O) groups is 2. The first-order valence-electron chi connectivity index (χ1n) is 34.7. The molecule has 0 aliphatic carbocycles. The van der Waals surface area contributed by atoms with Gasteiger partial charge in [0.15, 0.2) is 6.10 Å². The van der Waals surface area contributed by atoms with Crippen LogP contribution in [0.15, 0.2) is 72.9 Å². The highest BCUT2D eigenvalue weighted by molar-refractivity contribution is 7.47. The van der Waals surface area contributed by atoms with Gasteiger partial charge in [0.1, 0.15) is 19.8 Å². The summed E-state index contributed by atoms with van der Waals surface area (Å²) in [5, 5.41) is 0. The summed E-state index contributed by atoms with van der Waals surface area (Å²) >= 11 is 0. The fourth-order valence-electron chi connectivity index (χ4n) is 9.92.